The first-order chi connectivity index (χ1) is 17.3. The highest BCUT2D eigenvalue weighted by atomic mass is 16.5. The maximum Gasteiger partial charge on any atom is 0.332 e. The van der Waals surface area contributed by atoms with Gasteiger partial charge < -0.3 is 19.9 Å². The van der Waals surface area contributed by atoms with Crippen LogP contribution in [0.25, 0.3) is 22.1 Å². The van der Waals surface area contributed by atoms with Gasteiger partial charge >= 0.3 is 5.69 Å². The molecule has 0 bridgehead atoms. The number of aromatic amines is 1. The lowest BCUT2D eigenvalue weighted by molar-refractivity contribution is 0.0937. The second-order valence-corrected chi connectivity index (χ2v) is 8.25. The fourth-order valence-corrected chi connectivity index (χ4v) is 3.97. The minimum absolute atomic E-state index is 0.0215. The normalized spacial score (nSPS) is 12.6. The number of H-pyrrole nitrogens is 1. The molecule has 0 saturated carbocycles. The maximum atomic E-state index is 13.0. The van der Waals surface area contributed by atoms with Crippen molar-refractivity contribution in [1.29, 1.82) is 0 Å². The molecule has 0 amide bonds. The van der Waals surface area contributed by atoms with Crippen molar-refractivity contribution in [1.82, 2.24) is 23.7 Å². The Morgan fingerprint density at radius 2 is 1.75 bits per heavy atom. The van der Waals surface area contributed by atoms with Crippen LogP contribution >= 0.6 is 0 Å². The first kappa shape index (κ1) is 23.1. The Bertz CT molecular complexity index is 1710. The predicted octanol–water partition coefficient (Wildman–Crippen LogP) is 2.48. The molecule has 2 aromatic carbocycles. The van der Waals surface area contributed by atoms with Gasteiger partial charge in [-0.25, -0.2) is 4.79 Å². The van der Waals surface area contributed by atoms with Gasteiger partial charge in [-0.15, -0.1) is 10.2 Å². The van der Waals surface area contributed by atoms with Crippen molar-refractivity contribution in [2.24, 2.45) is 24.3 Å². The molecule has 3 heterocycles. The molecule has 0 aliphatic heterocycles. The quantitative estimate of drug-likeness (QED) is 0.299. The zero-order chi connectivity index (χ0) is 25.4. The Balaban J connectivity index is 1.57. The van der Waals surface area contributed by atoms with Gasteiger partial charge in [0, 0.05) is 19.5 Å². The van der Waals surface area contributed by atoms with Gasteiger partial charge in [-0.3, -0.25) is 18.5 Å². The molecular formula is C24H23N7O5. The van der Waals surface area contributed by atoms with Crippen LogP contribution in [0.2, 0.25) is 0 Å². The van der Waals surface area contributed by atoms with E-state index in [1.165, 1.54) is 23.2 Å². The van der Waals surface area contributed by atoms with E-state index in [1.54, 1.807) is 30.3 Å². The number of aryl methyl sites for hydroxylation is 1. The van der Waals surface area contributed by atoms with Gasteiger partial charge in [0.25, 0.3) is 11.5 Å². The van der Waals surface area contributed by atoms with Crippen LogP contribution in [0.5, 0.6) is 11.6 Å². The number of nitrogens with zero attached hydrogens (tertiary/aromatic N) is 6. The zero-order valence-electron chi connectivity index (χ0n) is 19.5. The molecule has 36 heavy (non-hydrogen) atoms. The highest BCUT2D eigenvalue weighted by Crippen LogP contribution is 2.36. The van der Waals surface area contributed by atoms with E-state index >= 15 is 0 Å². The third-order valence-corrected chi connectivity index (χ3v) is 5.81. The highest BCUT2D eigenvalue weighted by molar-refractivity contribution is 5.94. The van der Waals surface area contributed by atoms with Crippen LogP contribution in [0.1, 0.15) is 0 Å². The molecule has 5 aromatic rings. The van der Waals surface area contributed by atoms with Crippen molar-refractivity contribution < 1.29 is 14.9 Å². The second-order valence-electron chi connectivity index (χ2n) is 8.25. The summed E-state index contributed by atoms with van der Waals surface area (Å²) in [6.07, 6.45) is -1.04. The first-order valence-electron chi connectivity index (χ1n) is 11.1. The van der Waals surface area contributed by atoms with E-state index in [0.717, 1.165) is 4.57 Å². The topological polar surface area (TPSA) is 152 Å². The van der Waals surface area contributed by atoms with Gasteiger partial charge in [0.2, 0.25) is 5.88 Å². The number of azo groups is 1. The molecule has 3 N–H and O–H groups in total. The van der Waals surface area contributed by atoms with Crippen LogP contribution < -0.4 is 16.0 Å². The van der Waals surface area contributed by atoms with E-state index in [-0.39, 0.29) is 41.8 Å². The highest BCUT2D eigenvalue weighted by Gasteiger charge is 2.22. The van der Waals surface area contributed by atoms with E-state index < -0.39 is 17.4 Å². The Hall–Kier alpha value is -4.71. The molecule has 0 spiro atoms. The molecule has 5 rings (SSSR count). The average molecular weight is 489 g/mol. The molecule has 3 aromatic heterocycles. The van der Waals surface area contributed by atoms with Crippen LogP contribution in [0.15, 0.2) is 74.4 Å². The van der Waals surface area contributed by atoms with Crippen molar-refractivity contribution in [3.05, 3.63) is 75.4 Å². The number of fused-ring (bicyclic) bond motifs is 2. The number of para-hydroxylation sites is 2. The van der Waals surface area contributed by atoms with Gasteiger partial charge in [0.05, 0.1) is 12.1 Å². The summed E-state index contributed by atoms with van der Waals surface area (Å²) >= 11 is 0. The number of hydrogen-bond donors (Lipinski definition) is 3. The molecule has 0 aliphatic rings. The summed E-state index contributed by atoms with van der Waals surface area (Å²) in [6, 6.07) is 16.2. The minimum Gasteiger partial charge on any atom is -0.493 e. The Kier molecular flexibility index (Phi) is 5.86. The van der Waals surface area contributed by atoms with E-state index in [9.17, 15) is 19.8 Å². The number of aromatic nitrogens is 5. The molecule has 0 radical (unpaired) electrons. The lowest BCUT2D eigenvalue weighted by atomic mass is 10.2. The number of aliphatic hydroxyl groups is 1. The van der Waals surface area contributed by atoms with Crippen molar-refractivity contribution >= 4 is 33.7 Å². The van der Waals surface area contributed by atoms with Crippen LogP contribution in [0, 0.1) is 0 Å². The predicted molar refractivity (Wildman–Crippen MR) is 132 cm³/mol. The third kappa shape index (κ3) is 4.03. The second kappa shape index (κ2) is 9.15. The summed E-state index contributed by atoms with van der Waals surface area (Å²) in [4.78, 5) is 32.7. The van der Waals surface area contributed by atoms with E-state index in [2.05, 4.69) is 20.2 Å². The molecule has 184 valence electrons. The summed E-state index contributed by atoms with van der Waals surface area (Å²) in [5.41, 5.74) is -0.107. The molecule has 12 nitrogen and oxygen atoms in total. The van der Waals surface area contributed by atoms with Crippen LogP contribution in [-0.4, -0.2) is 46.6 Å². The summed E-state index contributed by atoms with van der Waals surface area (Å²) in [5.74, 6) is 0.383. The number of rotatable bonds is 7. The smallest absolute Gasteiger partial charge is 0.332 e. The third-order valence-electron chi connectivity index (χ3n) is 5.81. The fourth-order valence-electron chi connectivity index (χ4n) is 3.97. The zero-order valence-corrected chi connectivity index (χ0v) is 19.5. The number of hydrogen-bond acceptors (Lipinski definition) is 8. The van der Waals surface area contributed by atoms with Crippen LogP contribution in [0.4, 0.5) is 11.6 Å². The molecule has 0 aliphatic carbocycles. The molecule has 12 heteroatoms. The Morgan fingerprint density at radius 3 is 2.53 bits per heavy atom. The molecule has 0 saturated heterocycles. The van der Waals surface area contributed by atoms with Gasteiger partial charge in [-0.05, 0) is 18.2 Å². The average Bonchev–Trinajstić information content (AvgIpc) is 3.40. The number of aliphatic hydroxyl groups excluding tert-OH is 1. The number of ether oxygens (including phenoxy) is 1. The van der Waals surface area contributed by atoms with E-state index in [1.807, 2.05) is 24.3 Å². The van der Waals surface area contributed by atoms with Crippen molar-refractivity contribution in [2.75, 3.05) is 6.61 Å². The van der Waals surface area contributed by atoms with Crippen LogP contribution in [-0.2, 0) is 20.6 Å². The standard InChI is InChI=1S/C24H23N7O5/c1-29-20-19(22(34)30(2)24(29)35)31(12-14(32)13-36-15-8-4-3-5-9-15)23(26-20)28-27-18-16-10-6-7-11-17(16)25-21(18)33/h3-11,14,25,32-33H,12-13H2,1-2H3/t14-/m0/s1. The Morgan fingerprint density at radius 1 is 1.03 bits per heavy atom. The molecular weight excluding hydrogens is 466 g/mol. The van der Waals surface area contributed by atoms with Gasteiger partial charge in [0.15, 0.2) is 16.9 Å². The number of aromatic hydroxyl groups is 1. The molecule has 0 fully saturated rings. The van der Waals surface area contributed by atoms with Crippen LogP contribution in [0.3, 0.4) is 0 Å². The lowest BCUT2D eigenvalue weighted by Crippen LogP contribution is -2.38. The minimum atomic E-state index is -1.04. The SMILES string of the molecule is Cn1c(=O)c2c(nc(N=Nc3c(O)[nH]c4ccccc34)n2C[C@H](O)COc2ccccc2)n(C)c1=O. The summed E-state index contributed by atoms with van der Waals surface area (Å²) in [7, 11) is 2.85. The lowest BCUT2D eigenvalue weighted by Gasteiger charge is -2.14. The Labute approximate surface area is 203 Å². The van der Waals surface area contributed by atoms with Crippen molar-refractivity contribution in [2.45, 2.75) is 12.6 Å². The van der Waals surface area contributed by atoms with Gasteiger partial charge in [-0.2, -0.15) is 4.98 Å². The first-order valence-corrected chi connectivity index (χ1v) is 11.1. The molecule has 1 atom stereocenters. The summed E-state index contributed by atoms with van der Waals surface area (Å²) in [5, 5.41) is 30.0. The van der Waals surface area contributed by atoms with Gasteiger partial charge in [-0.1, -0.05) is 36.4 Å². The van der Waals surface area contributed by atoms with Crippen molar-refractivity contribution in [3.63, 3.8) is 0 Å². The summed E-state index contributed by atoms with van der Waals surface area (Å²) in [6.45, 7) is -0.166. The maximum absolute atomic E-state index is 13.0. The monoisotopic (exact) mass is 489 g/mol. The fraction of sp³-hybridized carbons (Fsp3) is 0.208. The van der Waals surface area contributed by atoms with Gasteiger partial charge in [0.1, 0.15) is 18.5 Å². The molecule has 0 unspecified atom stereocenters. The van der Waals surface area contributed by atoms with Crippen molar-refractivity contribution in [3.8, 4) is 11.6 Å². The largest absolute Gasteiger partial charge is 0.493 e. The number of benzene rings is 2. The number of nitrogens with one attached hydrogen (secondary N) is 1. The van der Waals surface area contributed by atoms with E-state index in [4.69, 9.17) is 4.74 Å². The number of imidazole rings is 1. The van der Waals surface area contributed by atoms with E-state index in [0.29, 0.717) is 16.7 Å². The summed E-state index contributed by atoms with van der Waals surface area (Å²) < 4.78 is 9.21.